The number of fused-ring (bicyclic) bond motifs is 3. The lowest BCUT2D eigenvalue weighted by Gasteiger charge is -2.08. The summed E-state index contributed by atoms with van der Waals surface area (Å²) in [7, 11) is 1.59. The molecule has 0 saturated carbocycles. The zero-order valence-electron chi connectivity index (χ0n) is 12.3. The molecular formula is C17H13N3O2S. The second-order valence-corrected chi connectivity index (χ2v) is 5.58. The minimum absolute atomic E-state index is 0.187. The number of para-hydroxylation sites is 1. The van der Waals surface area contributed by atoms with E-state index in [1.807, 2.05) is 42.5 Å². The van der Waals surface area contributed by atoms with E-state index in [9.17, 15) is 4.79 Å². The molecule has 0 aliphatic carbocycles. The van der Waals surface area contributed by atoms with Crippen LogP contribution in [0.3, 0.4) is 0 Å². The molecule has 0 aliphatic rings. The van der Waals surface area contributed by atoms with Gasteiger partial charge in [-0.15, -0.1) is 0 Å². The van der Waals surface area contributed by atoms with Crippen LogP contribution in [0.5, 0.6) is 5.75 Å². The smallest absolute Gasteiger partial charge is 0.283 e. The average Bonchev–Trinajstić information content (AvgIpc) is 2.94. The molecule has 0 unspecified atom stereocenters. The van der Waals surface area contributed by atoms with Crippen molar-refractivity contribution in [2.45, 2.75) is 0 Å². The molecule has 0 bridgehead atoms. The van der Waals surface area contributed by atoms with E-state index >= 15 is 0 Å². The Morgan fingerprint density at radius 3 is 2.70 bits per heavy atom. The van der Waals surface area contributed by atoms with E-state index in [4.69, 9.17) is 17.0 Å². The van der Waals surface area contributed by atoms with Crippen molar-refractivity contribution in [1.29, 1.82) is 0 Å². The van der Waals surface area contributed by atoms with Crippen LogP contribution in [0.4, 0.5) is 0 Å². The Morgan fingerprint density at radius 2 is 1.87 bits per heavy atom. The molecular weight excluding hydrogens is 310 g/mol. The lowest BCUT2D eigenvalue weighted by molar-refractivity contribution is 0.414. The maximum Gasteiger partial charge on any atom is 0.283 e. The van der Waals surface area contributed by atoms with Gasteiger partial charge in [0.25, 0.3) is 5.56 Å². The Bertz CT molecular complexity index is 1150. The third-order valence-corrected chi connectivity index (χ3v) is 4.15. The highest BCUT2D eigenvalue weighted by molar-refractivity contribution is 7.71. The van der Waals surface area contributed by atoms with Crippen LogP contribution in [-0.4, -0.2) is 21.6 Å². The van der Waals surface area contributed by atoms with Gasteiger partial charge in [0, 0.05) is 17.0 Å². The summed E-state index contributed by atoms with van der Waals surface area (Å²) in [5.74, 6) is 0.667. The summed E-state index contributed by atoms with van der Waals surface area (Å²) in [6.07, 6.45) is 0. The fourth-order valence-electron chi connectivity index (χ4n) is 2.78. The molecule has 6 heteroatoms. The molecule has 0 fully saturated rings. The molecule has 114 valence electrons. The van der Waals surface area contributed by atoms with Crippen molar-refractivity contribution in [1.82, 2.24) is 14.5 Å². The predicted molar refractivity (Wildman–Crippen MR) is 93.1 cm³/mol. The van der Waals surface area contributed by atoms with E-state index in [0.717, 1.165) is 16.4 Å². The highest BCUT2D eigenvalue weighted by Gasteiger charge is 2.12. The third-order valence-electron chi connectivity index (χ3n) is 3.87. The maximum absolute atomic E-state index is 12.9. The van der Waals surface area contributed by atoms with Crippen LogP contribution < -0.4 is 10.3 Å². The number of H-pyrrole nitrogens is 2. The van der Waals surface area contributed by atoms with Crippen molar-refractivity contribution in [2.75, 3.05) is 7.11 Å². The normalized spacial score (nSPS) is 11.2. The van der Waals surface area contributed by atoms with Crippen LogP contribution in [0.1, 0.15) is 0 Å². The van der Waals surface area contributed by atoms with Gasteiger partial charge in [-0.3, -0.25) is 9.36 Å². The SMILES string of the molecule is COc1cccc(-n2c(=S)[nH]c3c([nH]c4ccccc43)c2=O)c1. The fourth-order valence-corrected chi connectivity index (χ4v) is 3.07. The molecule has 2 aromatic heterocycles. The van der Waals surface area contributed by atoms with Crippen molar-refractivity contribution in [2.24, 2.45) is 0 Å². The minimum Gasteiger partial charge on any atom is -0.497 e. The van der Waals surface area contributed by atoms with Gasteiger partial charge in [0.05, 0.1) is 18.3 Å². The molecule has 5 nitrogen and oxygen atoms in total. The zero-order chi connectivity index (χ0) is 16.0. The zero-order valence-corrected chi connectivity index (χ0v) is 13.1. The summed E-state index contributed by atoms with van der Waals surface area (Å²) in [6.45, 7) is 0. The fraction of sp³-hybridized carbons (Fsp3) is 0.0588. The minimum atomic E-state index is -0.187. The molecule has 4 rings (SSSR count). The van der Waals surface area contributed by atoms with Gasteiger partial charge in [-0.2, -0.15) is 0 Å². The predicted octanol–water partition coefficient (Wildman–Crippen LogP) is 3.54. The van der Waals surface area contributed by atoms with E-state index in [1.54, 1.807) is 13.2 Å². The number of hydrogen-bond donors (Lipinski definition) is 2. The Labute approximate surface area is 136 Å². The van der Waals surface area contributed by atoms with E-state index < -0.39 is 0 Å². The molecule has 0 spiro atoms. The quantitative estimate of drug-likeness (QED) is 0.555. The van der Waals surface area contributed by atoms with Gasteiger partial charge in [0.2, 0.25) is 0 Å². The summed E-state index contributed by atoms with van der Waals surface area (Å²) < 4.78 is 7.04. The van der Waals surface area contributed by atoms with Crippen LogP contribution >= 0.6 is 12.2 Å². The van der Waals surface area contributed by atoms with Crippen LogP contribution in [0.15, 0.2) is 53.3 Å². The van der Waals surface area contributed by atoms with E-state index in [-0.39, 0.29) is 5.56 Å². The second kappa shape index (κ2) is 5.10. The average molecular weight is 323 g/mol. The molecule has 23 heavy (non-hydrogen) atoms. The summed E-state index contributed by atoms with van der Waals surface area (Å²) in [5.41, 5.74) is 2.61. The van der Waals surface area contributed by atoms with Gasteiger partial charge in [-0.1, -0.05) is 24.3 Å². The van der Waals surface area contributed by atoms with E-state index in [2.05, 4.69) is 9.97 Å². The van der Waals surface area contributed by atoms with Crippen molar-refractivity contribution < 1.29 is 4.74 Å². The highest BCUT2D eigenvalue weighted by Crippen LogP contribution is 2.22. The van der Waals surface area contributed by atoms with Gasteiger partial charge in [-0.05, 0) is 30.4 Å². The number of rotatable bonds is 2. The number of nitrogens with one attached hydrogen (secondary N) is 2. The molecule has 4 aromatic rings. The lowest BCUT2D eigenvalue weighted by atomic mass is 10.2. The van der Waals surface area contributed by atoms with Crippen molar-refractivity contribution in [3.05, 3.63) is 63.7 Å². The topological polar surface area (TPSA) is 62.8 Å². The standard InChI is InChI=1S/C17H13N3O2S/c1-22-11-6-4-5-10(9-11)20-16(21)15-14(19-17(20)23)12-7-2-3-8-13(12)18-15/h2-9,18H,1H3,(H,19,23). The van der Waals surface area contributed by atoms with Crippen LogP contribution in [0, 0.1) is 4.77 Å². The van der Waals surface area contributed by atoms with Crippen molar-refractivity contribution in [3.8, 4) is 11.4 Å². The highest BCUT2D eigenvalue weighted by atomic mass is 32.1. The molecule has 2 N–H and O–H groups in total. The Kier molecular flexibility index (Phi) is 3.06. The molecule has 0 aliphatic heterocycles. The first-order valence-corrected chi connectivity index (χ1v) is 7.50. The van der Waals surface area contributed by atoms with Crippen LogP contribution in [-0.2, 0) is 0 Å². The van der Waals surface area contributed by atoms with Gasteiger partial charge in [-0.25, -0.2) is 0 Å². The van der Waals surface area contributed by atoms with Gasteiger partial charge in [0.15, 0.2) is 4.77 Å². The van der Waals surface area contributed by atoms with Crippen LogP contribution in [0.25, 0.3) is 27.6 Å². The number of aromatic amines is 2. The summed E-state index contributed by atoms with van der Waals surface area (Å²) in [5, 5.41) is 0.948. The number of methoxy groups -OCH3 is 1. The number of benzene rings is 2. The number of ether oxygens (including phenoxy) is 1. The molecule has 0 saturated heterocycles. The van der Waals surface area contributed by atoms with Gasteiger partial charge in [0.1, 0.15) is 11.3 Å². The largest absolute Gasteiger partial charge is 0.497 e. The first kappa shape index (κ1) is 13.8. The van der Waals surface area contributed by atoms with E-state index in [1.165, 1.54) is 4.57 Å². The van der Waals surface area contributed by atoms with Crippen molar-refractivity contribution in [3.63, 3.8) is 0 Å². The number of nitrogens with zero attached hydrogens (tertiary/aromatic N) is 1. The number of aromatic nitrogens is 3. The Morgan fingerprint density at radius 1 is 1.04 bits per heavy atom. The van der Waals surface area contributed by atoms with Gasteiger partial charge >= 0.3 is 0 Å². The van der Waals surface area contributed by atoms with Gasteiger partial charge < -0.3 is 14.7 Å². The second-order valence-electron chi connectivity index (χ2n) is 5.19. The van der Waals surface area contributed by atoms with Crippen LogP contribution in [0.2, 0.25) is 0 Å². The Hall–Kier alpha value is -2.86. The molecule has 2 aromatic carbocycles. The maximum atomic E-state index is 12.9. The summed E-state index contributed by atoms with van der Waals surface area (Å²) in [6, 6.07) is 15.0. The molecule has 0 radical (unpaired) electrons. The summed E-state index contributed by atoms with van der Waals surface area (Å²) in [4.78, 5) is 19.3. The number of hydrogen-bond acceptors (Lipinski definition) is 3. The Balaban J connectivity index is 2.10. The van der Waals surface area contributed by atoms with Crippen molar-refractivity contribution >= 4 is 34.2 Å². The lowest BCUT2D eigenvalue weighted by Crippen LogP contribution is -2.20. The first-order chi connectivity index (χ1) is 11.2. The molecule has 0 atom stereocenters. The molecule has 0 amide bonds. The van der Waals surface area contributed by atoms with E-state index in [0.29, 0.717) is 21.7 Å². The summed E-state index contributed by atoms with van der Waals surface area (Å²) >= 11 is 5.41. The monoisotopic (exact) mass is 323 g/mol. The third kappa shape index (κ3) is 2.07. The first-order valence-electron chi connectivity index (χ1n) is 7.09. The molecule has 2 heterocycles.